The molecule has 0 radical (unpaired) electrons. The molecule has 3 fully saturated rings. The predicted molar refractivity (Wildman–Crippen MR) is 280 cm³/mol. The summed E-state index contributed by atoms with van der Waals surface area (Å²) in [6.45, 7) is 12.4. The largest absolute Gasteiger partial charge is 0.444 e. The number of unbranched alkanes of at least 4 members (excludes halogenated alkanes) is 10. The fourth-order valence-corrected chi connectivity index (χ4v) is 11.3. The molecule has 0 unspecified atom stereocenters. The molecular formula is C57H83N7O7. The van der Waals surface area contributed by atoms with E-state index in [-0.39, 0.29) is 55.1 Å². The Balaban J connectivity index is 1.00. The number of esters is 2. The van der Waals surface area contributed by atoms with Crippen LogP contribution in [0.15, 0.2) is 53.5 Å². The van der Waals surface area contributed by atoms with Crippen molar-refractivity contribution >= 4 is 45.6 Å². The van der Waals surface area contributed by atoms with Crippen LogP contribution in [0.4, 0.5) is 0 Å². The summed E-state index contributed by atoms with van der Waals surface area (Å²) in [6.07, 6.45) is 19.6. The maximum absolute atomic E-state index is 14.7. The summed E-state index contributed by atoms with van der Waals surface area (Å²) in [5, 5.41) is 6.40. The van der Waals surface area contributed by atoms with Crippen LogP contribution in [0.2, 0.25) is 0 Å². The Morgan fingerprint density at radius 1 is 0.690 bits per heavy atom. The highest BCUT2D eigenvalue weighted by Crippen LogP contribution is 2.31. The Kier molecular flexibility index (Phi) is 20.5. The fourth-order valence-electron chi connectivity index (χ4n) is 11.3. The van der Waals surface area contributed by atoms with Crippen molar-refractivity contribution in [1.29, 1.82) is 0 Å². The minimum atomic E-state index is -0.554. The van der Waals surface area contributed by atoms with Gasteiger partial charge in [0.15, 0.2) is 13.5 Å². The number of pyridine rings is 1. The molecular weight excluding hydrogens is 895 g/mol. The quantitative estimate of drug-likeness (QED) is 0.0466. The normalized spacial score (nSPS) is 17.0. The molecule has 0 N–H and O–H groups in total. The monoisotopic (exact) mass is 978 g/mol. The molecule has 7 rings (SSSR count). The van der Waals surface area contributed by atoms with E-state index < -0.39 is 5.92 Å². The van der Waals surface area contributed by atoms with Gasteiger partial charge in [0.05, 0.1) is 23.1 Å². The highest BCUT2D eigenvalue weighted by atomic mass is 16.5. The van der Waals surface area contributed by atoms with E-state index in [9.17, 15) is 24.0 Å². The average Bonchev–Trinajstić information content (AvgIpc) is 3.80. The molecule has 71 heavy (non-hydrogen) atoms. The van der Waals surface area contributed by atoms with Crippen LogP contribution in [0, 0.1) is 12.8 Å². The van der Waals surface area contributed by atoms with E-state index in [1.54, 1.807) is 15.4 Å². The zero-order valence-electron chi connectivity index (χ0n) is 43.6. The van der Waals surface area contributed by atoms with Gasteiger partial charge in [-0.3, -0.25) is 33.4 Å². The van der Waals surface area contributed by atoms with Gasteiger partial charge in [-0.05, 0) is 113 Å². The van der Waals surface area contributed by atoms with Crippen LogP contribution in [0.25, 0.3) is 21.8 Å². The molecule has 14 heteroatoms. The number of carbonyl (C=O) groups excluding carboxylic acids is 4. The van der Waals surface area contributed by atoms with Gasteiger partial charge in [-0.2, -0.15) is 5.10 Å². The lowest BCUT2D eigenvalue weighted by Crippen LogP contribution is -2.55. The predicted octanol–water partition coefficient (Wildman–Crippen LogP) is 9.36. The molecule has 2 amide bonds. The number of ether oxygens (including phenoxy) is 2. The van der Waals surface area contributed by atoms with Crippen LogP contribution in [0.5, 0.6) is 0 Å². The second-order valence-electron chi connectivity index (χ2n) is 20.9. The number of aryl methyl sites for hydroxylation is 1. The highest BCUT2D eigenvalue weighted by Gasteiger charge is 2.35. The lowest BCUT2D eigenvalue weighted by atomic mass is 9.88. The third kappa shape index (κ3) is 15.0. The van der Waals surface area contributed by atoms with Crippen LogP contribution in [-0.4, -0.2) is 123 Å². The summed E-state index contributed by atoms with van der Waals surface area (Å²) in [5.41, 5.74) is 4.05. The van der Waals surface area contributed by atoms with Gasteiger partial charge in [0.25, 0.3) is 5.56 Å². The Labute approximate surface area is 422 Å². The zero-order valence-corrected chi connectivity index (χ0v) is 43.6. The standard InChI is InChI=1S/C57H83N7O7/c1-5-7-9-11-13-15-21-53(66)70-41-63-51-20-18-17-19-46(51)38-50(57(63)69)45-23-29-61(30-24-45)52(65)39-47(56(68)62-33-31-60(32-34-62)49-25-27-59(4)28-26-49)36-44-35-43(3)55-48(37-44)40-58-64(55)42-71-54(67)22-16-14-12-10-8-6-2/h17-20,35,37-38,40,45,47,49H,5-16,21-34,36,39,41-42H2,1-4H3/t47-/m0/s1. The van der Waals surface area contributed by atoms with Crippen LogP contribution >= 0.6 is 0 Å². The van der Waals surface area contributed by atoms with Gasteiger partial charge in [-0.15, -0.1) is 0 Å². The first-order valence-electron chi connectivity index (χ1n) is 27.4. The molecule has 3 saturated heterocycles. The number of hydrogen-bond donors (Lipinski definition) is 0. The number of benzene rings is 2. The molecule has 3 aliphatic rings. The van der Waals surface area contributed by atoms with Crippen LogP contribution < -0.4 is 5.56 Å². The topological polar surface area (TPSA) is 140 Å². The number of piperazine rings is 1. The Bertz CT molecular complexity index is 2420. The van der Waals surface area contributed by atoms with E-state index >= 15 is 0 Å². The van der Waals surface area contributed by atoms with Gasteiger partial charge in [-0.1, -0.05) is 102 Å². The van der Waals surface area contributed by atoms with E-state index in [1.165, 1.54) is 38.5 Å². The van der Waals surface area contributed by atoms with Gasteiger partial charge in [0.1, 0.15) is 0 Å². The first kappa shape index (κ1) is 53.7. The first-order chi connectivity index (χ1) is 34.5. The average molecular weight is 978 g/mol. The summed E-state index contributed by atoms with van der Waals surface area (Å²) in [5.74, 6) is -1.16. The number of hydrogen-bond acceptors (Lipinski definition) is 10. The first-order valence-corrected chi connectivity index (χ1v) is 27.4. The molecule has 0 spiro atoms. The van der Waals surface area contributed by atoms with Crippen LogP contribution in [0.1, 0.15) is 158 Å². The maximum Gasteiger partial charge on any atom is 0.307 e. The second kappa shape index (κ2) is 27.1. The number of carbonyl (C=O) groups is 4. The van der Waals surface area contributed by atoms with E-state index in [4.69, 9.17) is 9.47 Å². The molecule has 14 nitrogen and oxygen atoms in total. The van der Waals surface area contributed by atoms with Crippen molar-refractivity contribution < 1.29 is 28.7 Å². The van der Waals surface area contributed by atoms with Crippen molar-refractivity contribution in [3.63, 3.8) is 0 Å². The smallest absolute Gasteiger partial charge is 0.307 e. The van der Waals surface area contributed by atoms with Crippen molar-refractivity contribution in [2.24, 2.45) is 5.92 Å². The number of rotatable bonds is 25. The molecule has 0 aliphatic carbocycles. The molecule has 3 aliphatic heterocycles. The van der Waals surface area contributed by atoms with Gasteiger partial charge in [0, 0.05) is 75.5 Å². The number of nitrogens with zero attached hydrogens (tertiary/aromatic N) is 7. The number of para-hydroxylation sites is 1. The molecule has 5 heterocycles. The summed E-state index contributed by atoms with van der Waals surface area (Å²) >= 11 is 0. The number of aromatic nitrogens is 3. The second-order valence-corrected chi connectivity index (χ2v) is 20.9. The number of likely N-dealkylation sites (tertiary alicyclic amines) is 2. The van der Waals surface area contributed by atoms with Crippen molar-refractivity contribution in [1.82, 2.24) is 33.9 Å². The van der Waals surface area contributed by atoms with Gasteiger partial charge in [-0.25, -0.2) is 4.68 Å². The van der Waals surface area contributed by atoms with Gasteiger partial charge < -0.3 is 24.2 Å². The third-order valence-electron chi connectivity index (χ3n) is 15.6. The molecule has 0 saturated carbocycles. The lowest BCUT2D eigenvalue weighted by Gasteiger charge is -2.43. The SMILES string of the molecule is CCCCCCCCC(=O)OCn1ncc2cc(C[C@@H](CC(=O)N3CCC(c4cc5ccccc5n(COC(=O)CCCCCCCC)c4=O)CC3)C(=O)N3CCN(C4CCN(C)CC4)CC3)cc(C)c21. The van der Waals surface area contributed by atoms with Gasteiger partial charge >= 0.3 is 11.9 Å². The van der Waals surface area contributed by atoms with Crippen molar-refractivity contribution in [2.75, 3.05) is 59.4 Å². The molecule has 0 bridgehead atoms. The number of piperidine rings is 2. The molecule has 1 atom stereocenters. The zero-order chi connectivity index (χ0) is 50.1. The van der Waals surface area contributed by atoms with E-state index in [0.29, 0.717) is 69.9 Å². The molecule has 388 valence electrons. The van der Waals surface area contributed by atoms with E-state index in [0.717, 1.165) is 110 Å². The van der Waals surface area contributed by atoms with Crippen LogP contribution in [0.3, 0.4) is 0 Å². The van der Waals surface area contributed by atoms with Crippen molar-refractivity contribution in [3.8, 4) is 0 Å². The fraction of sp³-hybridized carbons (Fsp3) is 0.649. The Morgan fingerprint density at radius 2 is 1.31 bits per heavy atom. The summed E-state index contributed by atoms with van der Waals surface area (Å²) in [4.78, 5) is 77.5. The Morgan fingerprint density at radius 3 is 1.97 bits per heavy atom. The molecule has 4 aromatic rings. The number of amides is 2. The molecule has 2 aromatic carbocycles. The number of fused-ring (bicyclic) bond motifs is 2. The third-order valence-corrected chi connectivity index (χ3v) is 15.6. The van der Waals surface area contributed by atoms with Crippen molar-refractivity contribution in [3.05, 3.63) is 75.7 Å². The van der Waals surface area contributed by atoms with Crippen LogP contribution in [-0.2, 0) is 48.5 Å². The summed E-state index contributed by atoms with van der Waals surface area (Å²) in [7, 11) is 2.18. The van der Waals surface area contributed by atoms with E-state index in [1.807, 2.05) is 47.1 Å². The maximum atomic E-state index is 14.7. The Hall–Kier alpha value is -5.08. The molecule has 2 aromatic heterocycles. The van der Waals surface area contributed by atoms with Crippen molar-refractivity contribution in [2.45, 2.75) is 175 Å². The highest BCUT2D eigenvalue weighted by molar-refractivity contribution is 5.87. The minimum absolute atomic E-state index is 0.0198. The van der Waals surface area contributed by atoms with Gasteiger partial charge in [0.2, 0.25) is 11.8 Å². The minimum Gasteiger partial charge on any atom is -0.444 e. The summed E-state index contributed by atoms with van der Waals surface area (Å²) < 4.78 is 14.7. The summed E-state index contributed by atoms with van der Waals surface area (Å²) in [6, 6.07) is 14.4. The lowest BCUT2D eigenvalue weighted by molar-refractivity contribution is -0.148. The van der Waals surface area contributed by atoms with E-state index in [2.05, 4.69) is 47.9 Å².